The molecule has 2 aromatic carbocycles. The van der Waals surface area contributed by atoms with Gasteiger partial charge >= 0.3 is 5.97 Å². The molecule has 0 aliphatic carbocycles. The second kappa shape index (κ2) is 5.01. The first-order valence-corrected chi connectivity index (χ1v) is 5.81. The van der Waals surface area contributed by atoms with Crippen LogP contribution in [-0.2, 0) is 0 Å². The molecule has 0 saturated heterocycles. The molecule has 0 atom stereocenters. The lowest BCUT2D eigenvalue weighted by atomic mass is 10.1. The first kappa shape index (κ1) is 11.7. The van der Waals surface area contributed by atoms with Gasteiger partial charge < -0.3 is 10.4 Å². The first-order valence-electron chi connectivity index (χ1n) is 5.02. The molecule has 0 fully saturated rings. The number of carboxylic acids is 1. The summed E-state index contributed by atoms with van der Waals surface area (Å²) in [5.74, 6) is -0.942. The largest absolute Gasteiger partial charge is 0.478 e. The Morgan fingerprint density at radius 3 is 2.59 bits per heavy atom. The monoisotopic (exact) mass is 291 g/mol. The van der Waals surface area contributed by atoms with Gasteiger partial charge in [-0.2, -0.15) is 0 Å². The van der Waals surface area contributed by atoms with E-state index in [0.717, 1.165) is 10.2 Å². The van der Waals surface area contributed by atoms with Crippen molar-refractivity contribution >= 4 is 33.3 Å². The molecule has 86 valence electrons. The highest BCUT2D eigenvalue weighted by molar-refractivity contribution is 9.10. The fourth-order valence-corrected chi connectivity index (χ4v) is 1.90. The van der Waals surface area contributed by atoms with Crippen LogP contribution >= 0.6 is 15.9 Å². The summed E-state index contributed by atoms with van der Waals surface area (Å²) in [6.07, 6.45) is 0. The van der Waals surface area contributed by atoms with Crippen molar-refractivity contribution in [2.75, 3.05) is 5.32 Å². The third-order valence-electron chi connectivity index (χ3n) is 2.26. The van der Waals surface area contributed by atoms with Crippen LogP contribution < -0.4 is 5.32 Å². The van der Waals surface area contributed by atoms with E-state index in [1.807, 2.05) is 24.3 Å². The highest BCUT2D eigenvalue weighted by atomic mass is 79.9. The SMILES string of the molecule is O=C(O)c1ccccc1Nc1cccc(Br)c1. The lowest BCUT2D eigenvalue weighted by molar-refractivity contribution is 0.0698. The molecular formula is C13H10BrNO2. The zero-order valence-corrected chi connectivity index (χ0v) is 10.4. The van der Waals surface area contributed by atoms with Crippen LogP contribution in [0.1, 0.15) is 10.4 Å². The third kappa shape index (κ3) is 2.85. The molecule has 3 nitrogen and oxygen atoms in total. The summed E-state index contributed by atoms with van der Waals surface area (Å²) in [7, 11) is 0. The first-order chi connectivity index (χ1) is 8.16. The zero-order valence-electron chi connectivity index (χ0n) is 8.85. The molecule has 2 N–H and O–H groups in total. The number of nitrogens with one attached hydrogen (secondary N) is 1. The van der Waals surface area contributed by atoms with Crippen LogP contribution in [0.4, 0.5) is 11.4 Å². The highest BCUT2D eigenvalue weighted by Crippen LogP contribution is 2.23. The van der Waals surface area contributed by atoms with Gasteiger partial charge in [-0.3, -0.25) is 0 Å². The van der Waals surface area contributed by atoms with Crippen molar-refractivity contribution in [3.8, 4) is 0 Å². The molecule has 0 bridgehead atoms. The fraction of sp³-hybridized carbons (Fsp3) is 0. The number of carbonyl (C=O) groups is 1. The Morgan fingerprint density at radius 2 is 1.88 bits per heavy atom. The Hall–Kier alpha value is -1.81. The second-order valence-corrected chi connectivity index (χ2v) is 4.40. The van der Waals surface area contributed by atoms with Crippen LogP contribution in [0.5, 0.6) is 0 Å². The fourth-order valence-electron chi connectivity index (χ4n) is 1.50. The molecule has 0 unspecified atom stereocenters. The number of anilines is 2. The van der Waals surface area contributed by atoms with Gasteiger partial charge in [-0.05, 0) is 30.3 Å². The molecule has 2 rings (SSSR count). The second-order valence-electron chi connectivity index (χ2n) is 3.49. The maximum absolute atomic E-state index is 11.0. The quantitative estimate of drug-likeness (QED) is 0.902. The molecule has 0 amide bonds. The van der Waals surface area contributed by atoms with Gasteiger partial charge in [0.05, 0.1) is 11.3 Å². The summed E-state index contributed by atoms with van der Waals surface area (Å²) in [4.78, 5) is 11.0. The smallest absolute Gasteiger partial charge is 0.337 e. The molecular weight excluding hydrogens is 282 g/mol. The van der Waals surface area contributed by atoms with E-state index in [2.05, 4.69) is 21.2 Å². The predicted octanol–water partition coefficient (Wildman–Crippen LogP) is 3.89. The molecule has 0 aliphatic heterocycles. The van der Waals surface area contributed by atoms with E-state index in [4.69, 9.17) is 5.11 Å². The van der Waals surface area contributed by atoms with E-state index < -0.39 is 5.97 Å². The number of para-hydroxylation sites is 1. The number of carboxylic acid groups (broad SMARTS) is 1. The average Bonchev–Trinajstić information content (AvgIpc) is 2.29. The van der Waals surface area contributed by atoms with E-state index in [-0.39, 0.29) is 5.56 Å². The molecule has 0 spiro atoms. The standard InChI is InChI=1S/C13H10BrNO2/c14-9-4-3-5-10(8-9)15-12-7-2-1-6-11(12)13(16)17/h1-8,15H,(H,16,17). The van der Waals surface area contributed by atoms with Gasteiger partial charge in [-0.15, -0.1) is 0 Å². The summed E-state index contributed by atoms with van der Waals surface area (Å²) >= 11 is 3.37. The Morgan fingerprint density at radius 1 is 1.12 bits per heavy atom. The van der Waals surface area contributed by atoms with E-state index >= 15 is 0 Å². The Balaban J connectivity index is 2.33. The number of rotatable bonds is 3. The average molecular weight is 292 g/mol. The van der Waals surface area contributed by atoms with Gasteiger partial charge in [0.15, 0.2) is 0 Å². The van der Waals surface area contributed by atoms with Crippen LogP contribution in [-0.4, -0.2) is 11.1 Å². The Labute approximate surface area is 107 Å². The van der Waals surface area contributed by atoms with Crippen molar-refractivity contribution in [3.63, 3.8) is 0 Å². The zero-order chi connectivity index (χ0) is 12.3. The van der Waals surface area contributed by atoms with Gasteiger partial charge in [-0.25, -0.2) is 4.79 Å². The number of benzene rings is 2. The van der Waals surface area contributed by atoms with Crippen molar-refractivity contribution in [2.24, 2.45) is 0 Å². The summed E-state index contributed by atoms with van der Waals surface area (Å²) in [6.45, 7) is 0. The van der Waals surface area contributed by atoms with Crippen LogP contribution in [0.3, 0.4) is 0 Å². The van der Waals surface area contributed by atoms with Crippen LogP contribution in [0.2, 0.25) is 0 Å². The van der Waals surface area contributed by atoms with Gasteiger partial charge in [0.2, 0.25) is 0 Å². The molecule has 0 aromatic heterocycles. The van der Waals surface area contributed by atoms with Gasteiger partial charge in [0, 0.05) is 10.2 Å². The Kier molecular flexibility index (Phi) is 3.44. The normalized spacial score (nSPS) is 9.94. The number of hydrogen-bond donors (Lipinski definition) is 2. The lowest BCUT2D eigenvalue weighted by Crippen LogP contribution is -2.02. The van der Waals surface area contributed by atoms with Crippen molar-refractivity contribution < 1.29 is 9.90 Å². The molecule has 0 heterocycles. The van der Waals surface area contributed by atoms with Crippen molar-refractivity contribution in [3.05, 3.63) is 58.6 Å². The summed E-state index contributed by atoms with van der Waals surface area (Å²) < 4.78 is 0.940. The minimum Gasteiger partial charge on any atom is -0.478 e. The Bertz CT molecular complexity index is 555. The van der Waals surface area contributed by atoms with Crippen molar-refractivity contribution in [1.29, 1.82) is 0 Å². The molecule has 0 radical (unpaired) electrons. The maximum Gasteiger partial charge on any atom is 0.337 e. The summed E-state index contributed by atoms with van der Waals surface area (Å²) in [5, 5.41) is 12.1. The van der Waals surface area contributed by atoms with Crippen LogP contribution in [0, 0.1) is 0 Å². The topological polar surface area (TPSA) is 49.3 Å². The van der Waals surface area contributed by atoms with Crippen molar-refractivity contribution in [1.82, 2.24) is 0 Å². The minimum atomic E-state index is -0.942. The molecule has 17 heavy (non-hydrogen) atoms. The lowest BCUT2D eigenvalue weighted by Gasteiger charge is -2.09. The van der Waals surface area contributed by atoms with E-state index in [0.29, 0.717) is 5.69 Å². The van der Waals surface area contributed by atoms with Gasteiger partial charge in [-0.1, -0.05) is 34.1 Å². The van der Waals surface area contributed by atoms with E-state index in [1.54, 1.807) is 24.3 Å². The highest BCUT2D eigenvalue weighted by Gasteiger charge is 2.08. The van der Waals surface area contributed by atoms with E-state index in [1.165, 1.54) is 0 Å². The number of hydrogen-bond acceptors (Lipinski definition) is 2. The number of halogens is 1. The summed E-state index contributed by atoms with van der Waals surface area (Å²) in [5.41, 5.74) is 1.68. The van der Waals surface area contributed by atoms with E-state index in [9.17, 15) is 4.79 Å². The molecule has 4 heteroatoms. The maximum atomic E-state index is 11.0. The minimum absolute atomic E-state index is 0.257. The predicted molar refractivity (Wildman–Crippen MR) is 70.8 cm³/mol. The summed E-state index contributed by atoms with van der Waals surface area (Å²) in [6, 6.07) is 14.4. The van der Waals surface area contributed by atoms with Gasteiger partial charge in [0.1, 0.15) is 0 Å². The third-order valence-corrected chi connectivity index (χ3v) is 2.75. The van der Waals surface area contributed by atoms with Gasteiger partial charge in [0.25, 0.3) is 0 Å². The van der Waals surface area contributed by atoms with Crippen molar-refractivity contribution in [2.45, 2.75) is 0 Å². The van der Waals surface area contributed by atoms with Crippen LogP contribution in [0.25, 0.3) is 0 Å². The van der Waals surface area contributed by atoms with Crippen LogP contribution in [0.15, 0.2) is 53.0 Å². The molecule has 0 saturated carbocycles. The molecule has 2 aromatic rings. The number of aromatic carboxylic acids is 1. The molecule has 0 aliphatic rings.